The highest BCUT2D eigenvalue weighted by atomic mass is 35.5. The van der Waals surface area contributed by atoms with Crippen molar-refractivity contribution >= 4 is 17.5 Å². The lowest BCUT2D eigenvalue weighted by Gasteiger charge is -2.17. The summed E-state index contributed by atoms with van der Waals surface area (Å²) in [6.45, 7) is 4.41. The Balaban J connectivity index is 2.57. The maximum atomic E-state index is 11.9. The highest BCUT2D eigenvalue weighted by Gasteiger charge is 2.15. The monoisotopic (exact) mass is 229 g/mol. The van der Waals surface area contributed by atoms with Crippen molar-refractivity contribution in [2.75, 3.05) is 13.6 Å². The Labute approximate surface area is 94.6 Å². The van der Waals surface area contributed by atoms with Crippen LogP contribution in [0.3, 0.4) is 0 Å². The van der Waals surface area contributed by atoms with Crippen LogP contribution in [0.15, 0.2) is 6.20 Å². The van der Waals surface area contributed by atoms with Crippen LogP contribution in [0.25, 0.3) is 0 Å². The molecule has 15 heavy (non-hydrogen) atoms. The molecule has 0 aromatic carbocycles. The lowest BCUT2D eigenvalue weighted by molar-refractivity contribution is 0.0793. The Morgan fingerprint density at radius 2 is 2.40 bits per heavy atom. The van der Waals surface area contributed by atoms with Gasteiger partial charge in [-0.2, -0.15) is 5.10 Å². The molecule has 0 saturated carbocycles. The molecular weight excluding hydrogens is 214 g/mol. The smallest absolute Gasteiger partial charge is 0.257 e. The van der Waals surface area contributed by atoms with Crippen LogP contribution in [-0.2, 0) is 0 Å². The summed E-state index contributed by atoms with van der Waals surface area (Å²) in [6.07, 6.45) is 2.35. The van der Waals surface area contributed by atoms with E-state index in [1.807, 2.05) is 13.8 Å². The van der Waals surface area contributed by atoms with Crippen LogP contribution in [0.5, 0.6) is 0 Å². The van der Waals surface area contributed by atoms with Gasteiger partial charge in [0.25, 0.3) is 5.91 Å². The van der Waals surface area contributed by atoms with Gasteiger partial charge in [0, 0.05) is 24.7 Å². The highest BCUT2D eigenvalue weighted by molar-refractivity contribution is 6.20. The first-order chi connectivity index (χ1) is 7.02. The van der Waals surface area contributed by atoms with Gasteiger partial charge in [-0.3, -0.25) is 9.89 Å². The van der Waals surface area contributed by atoms with Gasteiger partial charge in [0.15, 0.2) is 0 Å². The summed E-state index contributed by atoms with van der Waals surface area (Å²) in [5, 5.41) is 6.66. The van der Waals surface area contributed by atoms with Gasteiger partial charge < -0.3 is 4.90 Å². The largest absolute Gasteiger partial charge is 0.342 e. The maximum Gasteiger partial charge on any atom is 0.257 e. The number of aryl methyl sites for hydroxylation is 1. The van der Waals surface area contributed by atoms with Crippen molar-refractivity contribution in [1.82, 2.24) is 15.1 Å². The molecule has 1 aromatic heterocycles. The molecule has 1 aromatic rings. The van der Waals surface area contributed by atoms with E-state index < -0.39 is 0 Å². The van der Waals surface area contributed by atoms with Crippen molar-refractivity contribution in [2.45, 2.75) is 25.6 Å². The number of halogens is 1. The molecule has 0 fully saturated rings. The molecule has 84 valence electrons. The molecule has 1 heterocycles. The zero-order valence-electron chi connectivity index (χ0n) is 9.25. The second-order valence-electron chi connectivity index (χ2n) is 3.70. The second kappa shape index (κ2) is 5.16. The third-order valence-corrected chi connectivity index (χ3v) is 2.49. The van der Waals surface area contributed by atoms with E-state index in [2.05, 4.69) is 10.2 Å². The van der Waals surface area contributed by atoms with Crippen LogP contribution >= 0.6 is 11.6 Å². The number of hydrogen-bond acceptors (Lipinski definition) is 2. The summed E-state index contributed by atoms with van der Waals surface area (Å²) in [5.41, 5.74) is 1.42. The number of rotatable bonds is 4. The molecule has 0 aliphatic heterocycles. The molecule has 0 radical (unpaired) electrons. The van der Waals surface area contributed by atoms with Crippen molar-refractivity contribution in [3.63, 3.8) is 0 Å². The average Bonchev–Trinajstić information content (AvgIpc) is 2.59. The van der Waals surface area contributed by atoms with Gasteiger partial charge in [0.2, 0.25) is 0 Å². The highest BCUT2D eigenvalue weighted by Crippen LogP contribution is 2.08. The molecule has 1 N–H and O–H groups in total. The van der Waals surface area contributed by atoms with E-state index in [-0.39, 0.29) is 11.3 Å². The lowest BCUT2D eigenvalue weighted by Crippen LogP contribution is -2.29. The average molecular weight is 230 g/mol. The quantitative estimate of drug-likeness (QED) is 0.801. The normalized spacial score (nSPS) is 12.5. The van der Waals surface area contributed by atoms with Gasteiger partial charge in [0.1, 0.15) is 0 Å². The van der Waals surface area contributed by atoms with Crippen molar-refractivity contribution in [3.8, 4) is 0 Å². The molecule has 1 unspecified atom stereocenters. The van der Waals surface area contributed by atoms with E-state index in [4.69, 9.17) is 11.6 Å². The molecule has 1 rings (SSSR count). The number of aromatic amines is 1. The molecule has 5 heteroatoms. The van der Waals surface area contributed by atoms with Gasteiger partial charge in [-0.15, -0.1) is 11.6 Å². The SMILES string of the molecule is Cc1[nH]ncc1C(=O)N(C)CCC(C)Cl. The van der Waals surface area contributed by atoms with Gasteiger partial charge in [0.05, 0.1) is 11.8 Å². The van der Waals surface area contributed by atoms with Crippen molar-refractivity contribution in [3.05, 3.63) is 17.5 Å². The molecule has 0 spiro atoms. The van der Waals surface area contributed by atoms with E-state index in [0.29, 0.717) is 12.1 Å². The number of aromatic nitrogens is 2. The van der Waals surface area contributed by atoms with Crippen LogP contribution in [0.4, 0.5) is 0 Å². The van der Waals surface area contributed by atoms with Gasteiger partial charge in [-0.1, -0.05) is 0 Å². The number of carbonyl (C=O) groups excluding carboxylic acids is 1. The fourth-order valence-electron chi connectivity index (χ4n) is 1.25. The number of alkyl halides is 1. The zero-order chi connectivity index (χ0) is 11.4. The Kier molecular flexibility index (Phi) is 4.15. The molecule has 0 aliphatic rings. The number of nitrogens with zero attached hydrogens (tertiary/aromatic N) is 2. The molecular formula is C10H16ClN3O. The zero-order valence-corrected chi connectivity index (χ0v) is 10.0. The lowest BCUT2D eigenvalue weighted by atomic mass is 10.2. The minimum absolute atomic E-state index is 0.0152. The van der Waals surface area contributed by atoms with Gasteiger partial charge in [-0.05, 0) is 20.3 Å². The second-order valence-corrected chi connectivity index (χ2v) is 4.45. The predicted octanol–water partition coefficient (Wildman–Crippen LogP) is 1.81. The van der Waals surface area contributed by atoms with E-state index in [1.165, 1.54) is 0 Å². The standard InChI is InChI=1S/C10H16ClN3O/c1-7(11)4-5-14(3)10(15)9-6-12-13-8(9)2/h6-7H,4-5H2,1-3H3,(H,12,13). The van der Waals surface area contributed by atoms with Crippen LogP contribution in [0.2, 0.25) is 0 Å². The Hall–Kier alpha value is -1.03. The topological polar surface area (TPSA) is 49.0 Å². The van der Waals surface area contributed by atoms with Crippen LogP contribution in [-0.4, -0.2) is 40.0 Å². The van der Waals surface area contributed by atoms with Crippen LogP contribution in [0.1, 0.15) is 29.4 Å². The van der Waals surface area contributed by atoms with E-state index in [1.54, 1.807) is 18.1 Å². The van der Waals surface area contributed by atoms with Crippen LogP contribution < -0.4 is 0 Å². The fourth-order valence-corrected chi connectivity index (χ4v) is 1.34. The Morgan fingerprint density at radius 3 is 2.87 bits per heavy atom. The van der Waals surface area contributed by atoms with E-state index >= 15 is 0 Å². The maximum absolute atomic E-state index is 11.9. The minimum atomic E-state index is -0.0152. The number of H-pyrrole nitrogens is 1. The number of nitrogens with one attached hydrogen (secondary N) is 1. The molecule has 0 aliphatic carbocycles. The summed E-state index contributed by atoms with van der Waals surface area (Å²) in [5.74, 6) is -0.0152. The van der Waals surface area contributed by atoms with Crippen molar-refractivity contribution < 1.29 is 4.79 Å². The Bertz CT molecular complexity index is 335. The van der Waals surface area contributed by atoms with E-state index in [0.717, 1.165) is 12.1 Å². The van der Waals surface area contributed by atoms with Gasteiger partial charge >= 0.3 is 0 Å². The first-order valence-corrected chi connectivity index (χ1v) is 5.35. The molecule has 1 atom stereocenters. The van der Waals surface area contributed by atoms with E-state index in [9.17, 15) is 4.79 Å². The third-order valence-electron chi connectivity index (χ3n) is 2.27. The number of amides is 1. The minimum Gasteiger partial charge on any atom is -0.342 e. The summed E-state index contributed by atoms with van der Waals surface area (Å²) in [7, 11) is 1.77. The number of hydrogen-bond donors (Lipinski definition) is 1. The fraction of sp³-hybridized carbons (Fsp3) is 0.600. The van der Waals surface area contributed by atoms with Gasteiger partial charge in [-0.25, -0.2) is 0 Å². The summed E-state index contributed by atoms with van der Waals surface area (Å²) >= 11 is 5.83. The number of carbonyl (C=O) groups is 1. The molecule has 4 nitrogen and oxygen atoms in total. The Morgan fingerprint density at radius 1 is 1.73 bits per heavy atom. The van der Waals surface area contributed by atoms with Crippen molar-refractivity contribution in [1.29, 1.82) is 0 Å². The van der Waals surface area contributed by atoms with Crippen LogP contribution in [0, 0.1) is 6.92 Å². The first-order valence-electron chi connectivity index (χ1n) is 4.92. The summed E-state index contributed by atoms with van der Waals surface area (Å²) in [6, 6.07) is 0. The third kappa shape index (κ3) is 3.23. The first kappa shape index (κ1) is 12.0. The molecule has 0 bridgehead atoms. The summed E-state index contributed by atoms with van der Waals surface area (Å²) in [4.78, 5) is 13.5. The van der Waals surface area contributed by atoms with Crippen molar-refractivity contribution in [2.24, 2.45) is 0 Å². The molecule has 0 saturated heterocycles. The predicted molar refractivity (Wildman–Crippen MR) is 60.2 cm³/mol. The summed E-state index contributed by atoms with van der Waals surface area (Å²) < 4.78 is 0. The molecule has 1 amide bonds.